The largest absolute Gasteiger partial charge is 0.373 e. The molecule has 1 rings (SSSR count). The normalized spacial score (nSPS) is 18.8. The molecule has 0 aliphatic heterocycles. The third-order valence-electron chi connectivity index (χ3n) is 2.91. The number of ether oxygens (including phenoxy) is 1. The molecular weight excluding hydrogens is 184 g/mol. The van der Waals surface area contributed by atoms with Gasteiger partial charge in [0, 0.05) is 0 Å². The van der Waals surface area contributed by atoms with Gasteiger partial charge in [-0.2, -0.15) is 0 Å². The molecule has 15 heavy (non-hydrogen) atoms. The maximum absolute atomic E-state index is 5.99. The first-order chi connectivity index (χ1) is 7.04. The highest BCUT2D eigenvalue weighted by molar-refractivity contribution is 5.17. The van der Waals surface area contributed by atoms with Crippen molar-refractivity contribution in [1.82, 2.24) is 0 Å². The predicted octanol–water partition coefficient (Wildman–Crippen LogP) is 4.10. The van der Waals surface area contributed by atoms with Gasteiger partial charge in [-0.25, -0.2) is 0 Å². The Balaban J connectivity index is 2.40. The molecule has 0 radical (unpaired) electrons. The highest BCUT2D eigenvalue weighted by Gasteiger charge is 2.23. The smallest absolute Gasteiger partial charge is 0.0683 e. The molecule has 1 heteroatoms. The third kappa shape index (κ3) is 4.21. The molecule has 1 aliphatic rings. The fraction of sp³-hybridized carbons (Fsp3) is 0.714. The van der Waals surface area contributed by atoms with Crippen molar-refractivity contribution in [2.75, 3.05) is 6.61 Å². The van der Waals surface area contributed by atoms with Crippen LogP contribution in [-0.2, 0) is 4.74 Å². The summed E-state index contributed by atoms with van der Waals surface area (Å²) in [6, 6.07) is 0. The minimum atomic E-state index is 0.250. The zero-order valence-corrected chi connectivity index (χ0v) is 10.5. The van der Waals surface area contributed by atoms with Gasteiger partial charge in [0.25, 0.3) is 0 Å². The molecule has 0 aromatic carbocycles. The van der Waals surface area contributed by atoms with Gasteiger partial charge in [0.05, 0.1) is 12.7 Å². The van der Waals surface area contributed by atoms with Gasteiger partial charge in [-0.3, -0.25) is 0 Å². The van der Waals surface area contributed by atoms with E-state index in [0.717, 1.165) is 19.4 Å². The molecule has 0 aromatic rings. The first-order valence-corrected chi connectivity index (χ1v) is 6.00. The lowest BCUT2D eigenvalue weighted by Crippen LogP contribution is -2.29. The molecule has 1 nitrogen and oxygen atoms in total. The first-order valence-electron chi connectivity index (χ1n) is 6.00. The van der Waals surface area contributed by atoms with E-state index in [1.54, 1.807) is 0 Å². The van der Waals surface area contributed by atoms with Crippen LogP contribution in [0.2, 0.25) is 0 Å². The molecule has 0 aromatic heterocycles. The summed E-state index contributed by atoms with van der Waals surface area (Å²) in [5, 5.41) is 0. The van der Waals surface area contributed by atoms with E-state index in [9.17, 15) is 0 Å². The van der Waals surface area contributed by atoms with E-state index < -0.39 is 0 Å². The maximum Gasteiger partial charge on any atom is 0.0683 e. The van der Waals surface area contributed by atoms with Gasteiger partial charge in [0.15, 0.2) is 0 Å². The second-order valence-corrected chi connectivity index (χ2v) is 5.37. The molecular formula is C14H24O. The molecule has 0 saturated heterocycles. The van der Waals surface area contributed by atoms with Crippen LogP contribution in [0.1, 0.15) is 47.0 Å². The van der Waals surface area contributed by atoms with Crippen molar-refractivity contribution >= 4 is 0 Å². The summed E-state index contributed by atoms with van der Waals surface area (Å²) in [7, 11) is 0. The molecule has 1 atom stereocenters. The van der Waals surface area contributed by atoms with Gasteiger partial charge in [0.1, 0.15) is 0 Å². The van der Waals surface area contributed by atoms with E-state index in [0.29, 0.717) is 6.10 Å². The number of allylic oxidation sites excluding steroid dienone is 3. The van der Waals surface area contributed by atoms with Crippen LogP contribution in [0.15, 0.2) is 23.8 Å². The summed E-state index contributed by atoms with van der Waals surface area (Å²) < 4.78 is 5.99. The Morgan fingerprint density at radius 2 is 2.13 bits per heavy atom. The van der Waals surface area contributed by atoms with E-state index >= 15 is 0 Å². The second-order valence-electron chi connectivity index (χ2n) is 5.37. The molecule has 0 amide bonds. The van der Waals surface area contributed by atoms with Gasteiger partial charge in [-0.1, -0.05) is 45.9 Å². The van der Waals surface area contributed by atoms with Gasteiger partial charge in [-0.05, 0) is 30.3 Å². The Morgan fingerprint density at radius 3 is 2.60 bits per heavy atom. The zero-order chi connectivity index (χ0) is 11.3. The molecule has 0 unspecified atom stereocenters. The van der Waals surface area contributed by atoms with E-state index in [1.165, 1.54) is 12.0 Å². The van der Waals surface area contributed by atoms with E-state index in [1.807, 2.05) is 0 Å². The first kappa shape index (κ1) is 12.5. The fourth-order valence-corrected chi connectivity index (χ4v) is 1.96. The summed E-state index contributed by atoms with van der Waals surface area (Å²) >= 11 is 0. The zero-order valence-electron chi connectivity index (χ0n) is 10.5. The monoisotopic (exact) mass is 208 g/mol. The van der Waals surface area contributed by atoms with Crippen LogP contribution in [0.25, 0.3) is 0 Å². The quantitative estimate of drug-likeness (QED) is 0.675. The van der Waals surface area contributed by atoms with Crippen molar-refractivity contribution in [2.45, 2.75) is 53.1 Å². The van der Waals surface area contributed by atoms with Crippen molar-refractivity contribution in [3.05, 3.63) is 23.8 Å². The second kappa shape index (κ2) is 5.50. The predicted molar refractivity (Wildman–Crippen MR) is 65.9 cm³/mol. The Morgan fingerprint density at radius 1 is 1.40 bits per heavy atom. The number of rotatable bonds is 4. The molecule has 0 heterocycles. The standard InChI is InChI=1S/C14H24O/c1-5-13(14(2,3)4)15-11-12-9-7-6-8-10-12/h6-7,9,13H,5,8,10-11H2,1-4H3/t13-/m0/s1. The number of hydrogen-bond donors (Lipinski definition) is 0. The van der Waals surface area contributed by atoms with Gasteiger partial charge in [-0.15, -0.1) is 0 Å². The molecule has 0 bridgehead atoms. The average molecular weight is 208 g/mol. The lowest BCUT2D eigenvalue weighted by molar-refractivity contribution is -0.00921. The highest BCUT2D eigenvalue weighted by atomic mass is 16.5. The van der Waals surface area contributed by atoms with Crippen molar-refractivity contribution < 1.29 is 4.74 Å². The van der Waals surface area contributed by atoms with E-state index in [2.05, 4.69) is 45.9 Å². The summed E-state index contributed by atoms with van der Waals surface area (Å²) in [5.74, 6) is 0. The molecule has 0 N–H and O–H groups in total. The topological polar surface area (TPSA) is 9.23 Å². The summed E-state index contributed by atoms with van der Waals surface area (Å²) in [6.45, 7) is 9.74. The minimum absolute atomic E-state index is 0.250. The van der Waals surface area contributed by atoms with Crippen molar-refractivity contribution in [1.29, 1.82) is 0 Å². The van der Waals surface area contributed by atoms with Crippen LogP contribution in [0.3, 0.4) is 0 Å². The third-order valence-corrected chi connectivity index (χ3v) is 2.91. The van der Waals surface area contributed by atoms with Crippen LogP contribution in [0.4, 0.5) is 0 Å². The van der Waals surface area contributed by atoms with Crippen LogP contribution in [0.5, 0.6) is 0 Å². The Labute approximate surface area is 94.2 Å². The van der Waals surface area contributed by atoms with Gasteiger partial charge in [0.2, 0.25) is 0 Å². The van der Waals surface area contributed by atoms with Crippen molar-refractivity contribution in [2.24, 2.45) is 5.41 Å². The summed E-state index contributed by atoms with van der Waals surface area (Å²) in [6.07, 6.45) is 10.3. The molecule has 0 spiro atoms. The van der Waals surface area contributed by atoms with Crippen LogP contribution in [0, 0.1) is 5.41 Å². The van der Waals surface area contributed by atoms with Crippen LogP contribution in [-0.4, -0.2) is 12.7 Å². The summed E-state index contributed by atoms with van der Waals surface area (Å²) in [5.41, 5.74) is 1.68. The molecule has 0 fully saturated rings. The van der Waals surface area contributed by atoms with Gasteiger partial charge < -0.3 is 4.74 Å². The van der Waals surface area contributed by atoms with Gasteiger partial charge >= 0.3 is 0 Å². The Bertz CT molecular complexity index is 243. The lowest BCUT2D eigenvalue weighted by atomic mass is 9.87. The van der Waals surface area contributed by atoms with Crippen molar-refractivity contribution in [3.8, 4) is 0 Å². The highest BCUT2D eigenvalue weighted by Crippen LogP contribution is 2.25. The molecule has 0 saturated carbocycles. The summed E-state index contributed by atoms with van der Waals surface area (Å²) in [4.78, 5) is 0. The Hall–Kier alpha value is -0.560. The SMILES string of the molecule is CC[C@H](OCC1=CC=CCC1)C(C)(C)C. The van der Waals surface area contributed by atoms with E-state index in [4.69, 9.17) is 4.74 Å². The average Bonchev–Trinajstić information content (AvgIpc) is 2.18. The molecule has 86 valence electrons. The number of hydrogen-bond acceptors (Lipinski definition) is 1. The van der Waals surface area contributed by atoms with Crippen LogP contribution >= 0.6 is 0 Å². The van der Waals surface area contributed by atoms with Crippen LogP contribution < -0.4 is 0 Å². The van der Waals surface area contributed by atoms with Crippen molar-refractivity contribution in [3.63, 3.8) is 0 Å². The van der Waals surface area contributed by atoms with E-state index in [-0.39, 0.29) is 5.41 Å². The minimum Gasteiger partial charge on any atom is -0.373 e. The Kier molecular flexibility index (Phi) is 4.59. The lowest BCUT2D eigenvalue weighted by Gasteiger charge is -2.30. The maximum atomic E-state index is 5.99. The molecule has 1 aliphatic carbocycles. The fourth-order valence-electron chi connectivity index (χ4n) is 1.96.